The number of methoxy groups -OCH3 is 1. The summed E-state index contributed by atoms with van der Waals surface area (Å²) in [7, 11) is 1.52. The SMILES string of the molecule is COc1cccc(C2/C(=C(/O)c3ccccc3)C(=O)C(=O)N2CC(C)O)c1. The number of carbonyl (C=O) groups excluding carboxylic acids is 2. The van der Waals surface area contributed by atoms with Gasteiger partial charge in [0, 0.05) is 12.1 Å². The zero-order chi connectivity index (χ0) is 19.6. The lowest BCUT2D eigenvalue weighted by atomic mass is 9.95. The Bertz CT molecular complexity index is 888. The Morgan fingerprint density at radius 2 is 1.85 bits per heavy atom. The highest BCUT2D eigenvalue weighted by Crippen LogP contribution is 2.40. The van der Waals surface area contributed by atoms with Crippen LogP contribution in [0.5, 0.6) is 5.75 Å². The minimum atomic E-state index is -0.826. The quantitative estimate of drug-likeness (QED) is 0.482. The van der Waals surface area contributed by atoms with Crippen molar-refractivity contribution in [2.24, 2.45) is 0 Å². The second-order valence-electron chi connectivity index (χ2n) is 6.44. The molecule has 0 aromatic heterocycles. The molecule has 3 rings (SSSR count). The minimum Gasteiger partial charge on any atom is -0.507 e. The summed E-state index contributed by atoms with van der Waals surface area (Å²) in [6, 6.07) is 14.8. The van der Waals surface area contributed by atoms with E-state index in [4.69, 9.17) is 4.74 Å². The van der Waals surface area contributed by atoms with Gasteiger partial charge in [0.05, 0.1) is 24.8 Å². The fourth-order valence-corrected chi connectivity index (χ4v) is 3.26. The van der Waals surface area contributed by atoms with Crippen molar-refractivity contribution in [3.8, 4) is 5.75 Å². The third kappa shape index (κ3) is 3.57. The Kier molecular flexibility index (Phi) is 5.28. The summed E-state index contributed by atoms with van der Waals surface area (Å²) in [5.41, 5.74) is 1.06. The lowest BCUT2D eigenvalue weighted by molar-refractivity contribution is -0.140. The molecule has 1 amide bonds. The molecule has 2 aromatic carbocycles. The van der Waals surface area contributed by atoms with Gasteiger partial charge in [-0.2, -0.15) is 0 Å². The molecule has 1 saturated heterocycles. The largest absolute Gasteiger partial charge is 0.507 e. The molecule has 2 atom stereocenters. The molecule has 0 bridgehead atoms. The van der Waals surface area contributed by atoms with E-state index < -0.39 is 23.8 Å². The number of β-amino-alcohol motifs (C(OH)–C–C–N with tert-alkyl or cyclic N) is 1. The molecule has 1 fully saturated rings. The fourth-order valence-electron chi connectivity index (χ4n) is 3.26. The molecule has 0 radical (unpaired) electrons. The van der Waals surface area contributed by atoms with Crippen LogP contribution in [0.25, 0.3) is 5.76 Å². The van der Waals surface area contributed by atoms with Gasteiger partial charge in [-0.05, 0) is 24.6 Å². The molecule has 140 valence electrons. The summed E-state index contributed by atoms with van der Waals surface area (Å²) in [6.45, 7) is 1.51. The Hall–Kier alpha value is -3.12. The standard InChI is InChI=1S/C21H21NO5/c1-13(23)12-22-18(15-9-6-10-16(11-15)27-2)17(20(25)21(22)26)19(24)14-7-4-3-5-8-14/h3-11,13,18,23-24H,12H2,1-2H3/b19-17-. The molecule has 0 spiro atoms. The first-order chi connectivity index (χ1) is 12.9. The number of nitrogens with zero attached hydrogens (tertiary/aromatic N) is 1. The lowest BCUT2D eigenvalue weighted by Crippen LogP contribution is -2.35. The monoisotopic (exact) mass is 367 g/mol. The molecule has 2 unspecified atom stereocenters. The summed E-state index contributed by atoms with van der Waals surface area (Å²) in [5, 5.41) is 20.6. The smallest absolute Gasteiger partial charge is 0.295 e. The number of amides is 1. The normalized spacial score (nSPS) is 20.0. The van der Waals surface area contributed by atoms with Crippen molar-refractivity contribution in [1.82, 2.24) is 4.90 Å². The number of likely N-dealkylation sites (tertiary alicyclic amines) is 1. The van der Waals surface area contributed by atoms with E-state index in [0.29, 0.717) is 16.9 Å². The topological polar surface area (TPSA) is 87.1 Å². The average Bonchev–Trinajstić information content (AvgIpc) is 2.92. The van der Waals surface area contributed by atoms with Crippen molar-refractivity contribution in [2.75, 3.05) is 13.7 Å². The zero-order valence-electron chi connectivity index (χ0n) is 15.1. The molecule has 0 aliphatic carbocycles. The Balaban J connectivity index is 2.19. The van der Waals surface area contributed by atoms with E-state index in [1.807, 2.05) is 0 Å². The van der Waals surface area contributed by atoms with Gasteiger partial charge in [0.1, 0.15) is 11.5 Å². The molecule has 1 aliphatic rings. The van der Waals surface area contributed by atoms with Crippen molar-refractivity contribution in [3.63, 3.8) is 0 Å². The highest BCUT2D eigenvalue weighted by molar-refractivity contribution is 6.46. The predicted molar refractivity (Wildman–Crippen MR) is 100 cm³/mol. The maximum absolute atomic E-state index is 12.7. The molecular weight excluding hydrogens is 346 g/mol. The summed E-state index contributed by atoms with van der Waals surface area (Å²) >= 11 is 0. The van der Waals surface area contributed by atoms with Crippen LogP contribution in [0.4, 0.5) is 0 Å². The molecule has 2 aromatic rings. The summed E-state index contributed by atoms with van der Waals surface area (Å²) in [4.78, 5) is 26.6. The van der Waals surface area contributed by atoms with Gasteiger partial charge >= 0.3 is 0 Å². The summed E-state index contributed by atoms with van der Waals surface area (Å²) in [5.74, 6) is -1.20. The van der Waals surface area contributed by atoms with E-state index >= 15 is 0 Å². The first-order valence-electron chi connectivity index (χ1n) is 8.60. The molecule has 1 heterocycles. The van der Waals surface area contributed by atoms with Crippen LogP contribution >= 0.6 is 0 Å². The van der Waals surface area contributed by atoms with Crippen LogP contribution in [0.1, 0.15) is 24.1 Å². The van der Waals surface area contributed by atoms with Crippen molar-refractivity contribution >= 4 is 17.4 Å². The van der Waals surface area contributed by atoms with Crippen LogP contribution in [-0.4, -0.2) is 46.6 Å². The Labute approximate surface area is 157 Å². The van der Waals surface area contributed by atoms with Gasteiger partial charge < -0.3 is 19.8 Å². The van der Waals surface area contributed by atoms with Crippen LogP contribution in [0.3, 0.4) is 0 Å². The van der Waals surface area contributed by atoms with Crippen LogP contribution in [-0.2, 0) is 9.59 Å². The van der Waals surface area contributed by atoms with Crippen molar-refractivity contribution < 1.29 is 24.5 Å². The molecular formula is C21H21NO5. The van der Waals surface area contributed by atoms with Gasteiger partial charge in [0.25, 0.3) is 11.7 Å². The molecule has 27 heavy (non-hydrogen) atoms. The minimum absolute atomic E-state index is 0.0000954. The second-order valence-corrected chi connectivity index (χ2v) is 6.44. The Morgan fingerprint density at radius 3 is 2.48 bits per heavy atom. The van der Waals surface area contributed by atoms with Gasteiger partial charge in [-0.15, -0.1) is 0 Å². The maximum Gasteiger partial charge on any atom is 0.295 e. The van der Waals surface area contributed by atoms with Crippen molar-refractivity contribution in [1.29, 1.82) is 0 Å². The predicted octanol–water partition coefficient (Wildman–Crippen LogP) is 2.50. The molecule has 0 saturated carbocycles. The van der Waals surface area contributed by atoms with Crippen molar-refractivity contribution in [3.05, 3.63) is 71.3 Å². The van der Waals surface area contributed by atoms with Gasteiger partial charge in [0.2, 0.25) is 0 Å². The first-order valence-corrected chi connectivity index (χ1v) is 8.60. The molecule has 2 N–H and O–H groups in total. The number of ether oxygens (including phenoxy) is 1. The second kappa shape index (κ2) is 7.63. The average molecular weight is 367 g/mol. The Morgan fingerprint density at radius 1 is 1.15 bits per heavy atom. The highest BCUT2D eigenvalue weighted by atomic mass is 16.5. The third-order valence-electron chi connectivity index (χ3n) is 4.46. The van der Waals surface area contributed by atoms with E-state index in [9.17, 15) is 19.8 Å². The third-order valence-corrected chi connectivity index (χ3v) is 4.46. The summed E-state index contributed by atoms with van der Waals surface area (Å²) in [6.07, 6.45) is -0.826. The fraction of sp³-hybridized carbons (Fsp3) is 0.238. The number of rotatable bonds is 5. The van der Waals surface area contributed by atoms with E-state index in [2.05, 4.69) is 0 Å². The number of carbonyl (C=O) groups is 2. The molecule has 6 heteroatoms. The number of hydrogen-bond acceptors (Lipinski definition) is 5. The van der Waals surface area contributed by atoms with Gasteiger partial charge in [-0.1, -0.05) is 42.5 Å². The van der Waals surface area contributed by atoms with Gasteiger partial charge in [0.15, 0.2) is 0 Å². The number of Topliss-reactive ketones (excluding diaryl/α,β-unsaturated/α-hetero) is 1. The van der Waals surface area contributed by atoms with Crippen LogP contribution in [0.15, 0.2) is 60.2 Å². The van der Waals surface area contributed by atoms with E-state index in [-0.39, 0.29) is 17.9 Å². The van der Waals surface area contributed by atoms with Crippen LogP contribution in [0, 0.1) is 0 Å². The lowest BCUT2D eigenvalue weighted by Gasteiger charge is -2.26. The first kappa shape index (κ1) is 18.7. The molecule has 6 nitrogen and oxygen atoms in total. The van der Waals surface area contributed by atoms with E-state index in [1.165, 1.54) is 12.0 Å². The van der Waals surface area contributed by atoms with E-state index in [1.54, 1.807) is 61.5 Å². The van der Waals surface area contributed by atoms with Crippen LogP contribution < -0.4 is 4.74 Å². The van der Waals surface area contributed by atoms with Crippen LogP contribution in [0.2, 0.25) is 0 Å². The van der Waals surface area contributed by atoms with Crippen molar-refractivity contribution in [2.45, 2.75) is 19.1 Å². The number of ketones is 1. The number of aliphatic hydroxyl groups is 2. The van der Waals surface area contributed by atoms with Gasteiger partial charge in [-0.25, -0.2) is 0 Å². The van der Waals surface area contributed by atoms with E-state index in [0.717, 1.165) is 0 Å². The van der Waals surface area contributed by atoms with Gasteiger partial charge in [-0.3, -0.25) is 9.59 Å². The number of hydrogen-bond donors (Lipinski definition) is 2. The summed E-state index contributed by atoms with van der Waals surface area (Å²) < 4.78 is 5.25. The zero-order valence-corrected chi connectivity index (χ0v) is 15.1. The number of aliphatic hydroxyl groups excluding tert-OH is 2. The highest BCUT2D eigenvalue weighted by Gasteiger charge is 2.46. The number of benzene rings is 2. The maximum atomic E-state index is 12.7. The molecule has 1 aliphatic heterocycles.